The maximum absolute atomic E-state index is 4.59. The van der Waals surface area contributed by atoms with Crippen molar-refractivity contribution in [2.45, 2.75) is 53.4 Å². The monoisotopic (exact) mass is 236 g/mol. The molecule has 0 aliphatic heterocycles. The fraction of sp³-hybridized carbons (Fsp3) is 0.600. The van der Waals surface area contributed by atoms with Gasteiger partial charge in [-0.25, -0.2) is 0 Å². The molecule has 1 heteroatoms. The van der Waals surface area contributed by atoms with Gasteiger partial charge in [0.2, 0.25) is 0 Å². The zero-order chi connectivity index (χ0) is 12.2. The molecular weight excluding hydrogens is 212 g/mol. The Morgan fingerprint density at radius 2 is 1.81 bits per heavy atom. The molecule has 0 heterocycles. The lowest BCUT2D eigenvalue weighted by atomic mass is 9.87. The Kier molecular flexibility index (Phi) is 4.91. The van der Waals surface area contributed by atoms with Gasteiger partial charge in [0, 0.05) is 0 Å². The topological polar surface area (TPSA) is 0 Å². The molecule has 0 aromatic carbocycles. The normalized spacial score (nSPS) is 22.7. The Bertz CT molecular complexity index is 329. The van der Waals surface area contributed by atoms with E-state index in [0.29, 0.717) is 0 Å². The molecule has 0 amide bonds. The summed E-state index contributed by atoms with van der Waals surface area (Å²) in [7, 11) is 0. The minimum atomic E-state index is 0.225. The summed E-state index contributed by atoms with van der Waals surface area (Å²) in [6.45, 7) is 9.00. The summed E-state index contributed by atoms with van der Waals surface area (Å²) in [6.07, 6.45) is 11.5. The van der Waals surface area contributed by atoms with Crippen molar-refractivity contribution in [2.24, 2.45) is 5.41 Å². The minimum Gasteiger partial charge on any atom is -0.148 e. The van der Waals surface area contributed by atoms with Crippen molar-refractivity contribution in [2.75, 3.05) is 0 Å². The number of allylic oxidation sites excluding steroid dienone is 6. The Morgan fingerprint density at radius 1 is 1.12 bits per heavy atom. The molecule has 0 aromatic rings. The van der Waals surface area contributed by atoms with Crippen LogP contribution < -0.4 is 0 Å². The predicted octanol–water partition coefficient (Wildman–Crippen LogP) is 5.29. The third kappa shape index (κ3) is 5.07. The third-order valence-electron chi connectivity index (χ3n) is 3.03. The van der Waals surface area contributed by atoms with E-state index in [1.165, 1.54) is 22.5 Å². The lowest BCUT2D eigenvalue weighted by Gasteiger charge is -2.19. The van der Waals surface area contributed by atoms with Gasteiger partial charge in [-0.05, 0) is 49.9 Å². The van der Waals surface area contributed by atoms with Crippen molar-refractivity contribution in [3.05, 3.63) is 34.3 Å². The Morgan fingerprint density at radius 3 is 2.50 bits per heavy atom. The third-order valence-corrected chi connectivity index (χ3v) is 3.31. The second-order valence-corrected chi connectivity index (χ2v) is 6.22. The number of rotatable bonds is 0. The van der Waals surface area contributed by atoms with Crippen LogP contribution in [0.1, 0.15) is 53.4 Å². The second-order valence-electron chi connectivity index (χ2n) is 5.64. The Labute approximate surface area is 106 Å². The van der Waals surface area contributed by atoms with E-state index in [9.17, 15) is 0 Å². The maximum Gasteiger partial charge on any atom is -0.00153 e. The molecule has 0 atom stereocenters. The highest BCUT2D eigenvalue weighted by Crippen LogP contribution is 2.29. The van der Waals surface area contributed by atoms with Crippen LogP contribution in [0.4, 0.5) is 0 Å². The smallest absolute Gasteiger partial charge is 0.00153 e. The van der Waals surface area contributed by atoms with Gasteiger partial charge in [-0.2, -0.15) is 0 Å². The molecule has 1 rings (SSSR count). The molecule has 0 aromatic heterocycles. The number of hydrogen-bond acceptors (Lipinski definition) is 1. The van der Waals surface area contributed by atoms with Gasteiger partial charge in [-0.3, -0.25) is 0 Å². The predicted molar refractivity (Wildman–Crippen MR) is 76.8 cm³/mol. The lowest BCUT2D eigenvalue weighted by molar-refractivity contribution is 0.485. The molecule has 0 saturated carbocycles. The first-order chi connectivity index (χ1) is 7.39. The van der Waals surface area contributed by atoms with Gasteiger partial charge in [-0.1, -0.05) is 43.2 Å². The van der Waals surface area contributed by atoms with E-state index in [1.54, 1.807) is 0 Å². The second kappa shape index (κ2) is 5.77. The van der Waals surface area contributed by atoms with E-state index < -0.39 is 0 Å². The summed E-state index contributed by atoms with van der Waals surface area (Å²) < 4.78 is 0. The number of hydrogen-bond donors (Lipinski definition) is 1. The van der Waals surface area contributed by atoms with Gasteiger partial charge >= 0.3 is 0 Å². The SMILES string of the molecule is CC1=CCC(C)(C)C=C(S)CC(C)=CCC1. The zero-order valence-electron chi connectivity index (χ0n) is 11.0. The molecule has 90 valence electrons. The van der Waals surface area contributed by atoms with E-state index >= 15 is 0 Å². The highest BCUT2D eigenvalue weighted by molar-refractivity contribution is 7.84. The molecular formula is C15H24S. The maximum atomic E-state index is 4.59. The van der Waals surface area contributed by atoms with Gasteiger partial charge < -0.3 is 0 Å². The van der Waals surface area contributed by atoms with Crippen molar-refractivity contribution in [3.8, 4) is 0 Å². The zero-order valence-corrected chi connectivity index (χ0v) is 11.9. The molecule has 0 bridgehead atoms. The molecule has 0 unspecified atom stereocenters. The van der Waals surface area contributed by atoms with Gasteiger partial charge in [0.15, 0.2) is 0 Å². The van der Waals surface area contributed by atoms with Crippen LogP contribution in [0.25, 0.3) is 0 Å². The summed E-state index contributed by atoms with van der Waals surface area (Å²) in [5.41, 5.74) is 3.17. The summed E-state index contributed by atoms with van der Waals surface area (Å²) in [5.74, 6) is 0. The van der Waals surface area contributed by atoms with E-state index in [1.807, 2.05) is 0 Å². The first-order valence-electron chi connectivity index (χ1n) is 6.11. The standard InChI is InChI=1S/C15H24S/c1-12-6-5-7-13(2)10-14(16)11-15(3,4)9-8-12/h7-8,11,16H,5-6,9-10H2,1-4H3. The van der Waals surface area contributed by atoms with Crippen molar-refractivity contribution < 1.29 is 0 Å². The molecule has 0 N–H and O–H groups in total. The van der Waals surface area contributed by atoms with Gasteiger partial charge in [0.05, 0.1) is 0 Å². The fourth-order valence-electron chi connectivity index (χ4n) is 2.00. The van der Waals surface area contributed by atoms with E-state index in [0.717, 1.165) is 19.3 Å². The molecule has 1 aliphatic carbocycles. The highest BCUT2D eigenvalue weighted by atomic mass is 32.1. The van der Waals surface area contributed by atoms with Crippen LogP contribution in [0.5, 0.6) is 0 Å². The van der Waals surface area contributed by atoms with Gasteiger partial charge in [-0.15, -0.1) is 12.6 Å². The molecule has 0 radical (unpaired) electrons. The summed E-state index contributed by atoms with van der Waals surface area (Å²) in [5, 5.41) is 0. The summed E-state index contributed by atoms with van der Waals surface area (Å²) in [6, 6.07) is 0. The van der Waals surface area contributed by atoms with E-state index in [-0.39, 0.29) is 5.41 Å². The van der Waals surface area contributed by atoms with Crippen LogP contribution in [0.2, 0.25) is 0 Å². The van der Waals surface area contributed by atoms with Crippen LogP contribution in [-0.4, -0.2) is 0 Å². The molecule has 0 nitrogen and oxygen atoms in total. The lowest BCUT2D eigenvalue weighted by Crippen LogP contribution is -2.06. The van der Waals surface area contributed by atoms with Crippen molar-refractivity contribution in [1.82, 2.24) is 0 Å². The number of thiol groups is 1. The molecule has 0 fully saturated rings. The van der Waals surface area contributed by atoms with Crippen molar-refractivity contribution in [1.29, 1.82) is 0 Å². The van der Waals surface area contributed by atoms with Crippen molar-refractivity contribution in [3.63, 3.8) is 0 Å². The van der Waals surface area contributed by atoms with Crippen LogP contribution in [0.15, 0.2) is 34.3 Å². The average Bonchev–Trinajstić information content (AvgIpc) is 2.14. The highest BCUT2D eigenvalue weighted by Gasteiger charge is 2.14. The summed E-state index contributed by atoms with van der Waals surface area (Å²) >= 11 is 4.59. The van der Waals surface area contributed by atoms with Crippen LogP contribution in [0.3, 0.4) is 0 Å². The molecule has 1 aliphatic rings. The van der Waals surface area contributed by atoms with Gasteiger partial charge in [0.1, 0.15) is 0 Å². The Balaban J connectivity index is 2.92. The van der Waals surface area contributed by atoms with Crippen LogP contribution in [-0.2, 0) is 0 Å². The fourth-order valence-corrected chi connectivity index (χ4v) is 2.60. The largest absolute Gasteiger partial charge is 0.148 e. The first-order valence-corrected chi connectivity index (χ1v) is 6.56. The van der Waals surface area contributed by atoms with Crippen LogP contribution >= 0.6 is 12.6 Å². The van der Waals surface area contributed by atoms with E-state index in [4.69, 9.17) is 0 Å². The molecule has 0 saturated heterocycles. The Hall–Kier alpha value is -0.430. The average molecular weight is 236 g/mol. The first kappa shape index (κ1) is 13.6. The van der Waals surface area contributed by atoms with E-state index in [2.05, 4.69) is 58.6 Å². The molecule has 0 spiro atoms. The van der Waals surface area contributed by atoms with Crippen LogP contribution in [0, 0.1) is 5.41 Å². The minimum absolute atomic E-state index is 0.225. The molecule has 16 heavy (non-hydrogen) atoms. The quantitative estimate of drug-likeness (QED) is 0.428. The summed E-state index contributed by atoms with van der Waals surface area (Å²) in [4.78, 5) is 1.20. The van der Waals surface area contributed by atoms with Crippen molar-refractivity contribution >= 4 is 12.6 Å². The van der Waals surface area contributed by atoms with Gasteiger partial charge in [0.25, 0.3) is 0 Å².